The van der Waals surface area contributed by atoms with Crippen molar-refractivity contribution < 1.29 is 14.3 Å². The molecule has 2 amide bonds. The number of hydrogen-bond acceptors (Lipinski definition) is 4. The summed E-state index contributed by atoms with van der Waals surface area (Å²) in [4.78, 5) is 26.0. The highest BCUT2D eigenvalue weighted by molar-refractivity contribution is 7.80. The Kier molecular flexibility index (Phi) is 6.01. The van der Waals surface area contributed by atoms with Gasteiger partial charge in [0.1, 0.15) is 17.9 Å². The van der Waals surface area contributed by atoms with Crippen molar-refractivity contribution in [1.82, 2.24) is 10.2 Å². The highest BCUT2D eigenvalue weighted by Gasteiger charge is 2.32. The van der Waals surface area contributed by atoms with Crippen LogP contribution in [0.1, 0.15) is 16.7 Å². The van der Waals surface area contributed by atoms with Crippen LogP contribution in [0.3, 0.4) is 0 Å². The van der Waals surface area contributed by atoms with Crippen LogP contribution in [-0.4, -0.2) is 28.4 Å². The summed E-state index contributed by atoms with van der Waals surface area (Å²) >= 11 is 5.04. The summed E-state index contributed by atoms with van der Waals surface area (Å²) in [7, 11) is 0. The smallest absolute Gasteiger partial charge is 0.265 e. The van der Waals surface area contributed by atoms with Crippen molar-refractivity contribution in [3.63, 3.8) is 0 Å². The number of aryl methyl sites for hydroxylation is 1. The zero-order chi connectivity index (χ0) is 20.1. The predicted molar refractivity (Wildman–Crippen MR) is 113 cm³/mol. The highest BCUT2D eigenvalue weighted by atomic mass is 32.1. The maximum Gasteiger partial charge on any atom is 0.265 e. The molecule has 1 aliphatic rings. The van der Waals surface area contributed by atoms with E-state index in [0.29, 0.717) is 17.9 Å². The van der Waals surface area contributed by atoms with Crippen molar-refractivity contribution >= 4 is 35.2 Å². The normalized spacial score (nSPS) is 15.5. The number of amides is 2. The van der Waals surface area contributed by atoms with Gasteiger partial charge in [-0.2, -0.15) is 0 Å². The van der Waals surface area contributed by atoms with E-state index in [4.69, 9.17) is 17.0 Å². The summed E-state index contributed by atoms with van der Waals surface area (Å²) in [5.74, 6) is -0.236. The lowest BCUT2D eigenvalue weighted by Gasteiger charge is -2.27. The van der Waals surface area contributed by atoms with Gasteiger partial charge in [0.25, 0.3) is 11.8 Å². The molecule has 0 spiro atoms. The van der Waals surface area contributed by atoms with Crippen LogP contribution in [0, 0.1) is 6.92 Å². The van der Waals surface area contributed by atoms with Gasteiger partial charge in [0.2, 0.25) is 0 Å². The summed E-state index contributed by atoms with van der Waals surface area (Å²) in [5, 5.41) is 2.62. The fraction of sp³-hybridized carbons (Fsp3) is 0.136. The van der Waals surface area contributed by atoms with Crippen molar-refractivity contribution in [2.75, 3.05) is 6.54 Å². The molecule has 1 heterocycles. The molecule has 0 bridgehead atoms. The third kappa shape index (κ3) is 4.53. The van der Waals surface area contributed by atoms with E-state index in [-0.39, 0.29) is 17.2 Å². The molecule has 1 saturated heterocycles. The van der Waals surface area contributed by atoms with Gasteiger partial charge in [-0.3, -0.25) is 19.8 Å². The summed E-state index contributed by atoms with van der Waals surface area (Å²) < 4.78 is 5.78. The molecule has 0 saturated carbocycles. The summed E-state index contributed by atoms with van der Waals surface area (Å²) in [6.45, 7) is 6.35. The van der Waals surface area contributed by atoms with Crippen LogP contribution in [0.15, 0.2) is 66.8 Å². The summed E-state index contributed by atoms with van der Waals surface area (Å²) in [6, 6.07) is 15.3. The molecule has 3 rings (SSSR count). The standard InChI is InChI=1S/C22H20N2O3S/c1-3-12-24-21(26)19(20(25)23-22(24)28)13-16-8-10-18(11-9-16)27-14-17-6-4-15(2)5-7-17/h3-11,13H,1,12,14H2,2H3,(H,23,25,28)/b19-13-. The number of ether oxygens (including phenoxy) is 1. The minimum Gasteiger partial charge on any atom is -0.489 e. The van der Waals surface area contributed by atoms with Gasteiger partial charge in [0.15, 0.2) is 5.11 Å². The second kappa shape index (κ2) is 8.63. The molecule has 1 aliphatic heterocycles. The predicted octanol–water partition coefficient (Wildman–Crippen LogP) is 3.39. The number of nitrogens with zero attached hydrogens (tertiary/aromatic N) is 1. The molecule has 142 valence electrons. The monoisotopic (exact) mass is 392 g/mol. The fourth-order valence-electron chi connectivity index (χ4n) is 2.67. The van der Waals surface area contributed by atoms with Crippen LogP contribution in [0.5, 0.6) is 5.75 Å². The van der Waals surface area contributed by atoms with Crippen LogP contribution in [0.2, 0.25) is 0 Å². The van der Waals surface area contributed by atoms with Gasteiger partial charge in [-0.05, 0) is 48.5 Å². The van der Waals surface area contributed by atoms with E-state index in [9.17, 15) is 9.59 Å². The number of benzene rings is 2. The first-order valence-corrected chi connectivity index (χ1v) is 9.17. The van der Waals surface area contributed by atoms with Crippen molar-refractivity contribution in [3.8, 4) is 5.75 Å². The number of carbonyl (C=O) groups is 2. The van der Waals surface area contributed by atoms with E-state index in [0.717, 1.165) is 5.56 Å². The second-order valence-corrected chi connectivity index (χ2v) is 6.75. The number of thiocarbonyl (C=S) groups is 1. The maximum atomic E-state index is 12.5. The van der Waals surface area contributed by atoms with Gasteiger partial charge < -0.3 is 4.74 Å². The van der Waals surface area contributed by atoms with E-state index >= 15 is 0 Å². The first kappa shape index (κ1) is 19.5. The van der Waals surface area contributed by atoms with E-state index in [1.165, 1.54) is 10.5 Å². The average Bonchev–Trinajstić information content (AvgIpc) is 2.69. The van der Waals surface area contributed by atoms with E-state index < -0.39 is 11.8 Å². The Labute approximate surface area is 169 Å². The molecular formula is C22H20N2O3S. The lowest BCUT2D eigenvalue weighted by molar-refractivity contribution is -0.128. The Morgan fingerprint density at radius 2 is 1.79 bits per heavy atom. The molecule has 0 aliphatic carbocycles. The molecule has 0 unspecified atom stereocenters. The van der Waals surface area contributed by atoms with Crippen LogP contribution in [-0.2, 0) is 16.2 Å². The summed E-state index contributed by atoms with van der Waals surface area (Å²) in [5.41, 5.74) is 3.03. The van der Waals surface area contributed by atoms with E-state index in [1.54, 1.807) is 36.4 Å². The third-order valence-corrected chi connectivity index (χ3v) is 4.54. The van der Waals surface area contributed by atoms with Crippen molar-refractivity contribution in [1.29, 1.82) is 0 Å². The van der Waals surface area contributed by atoms with Crippen LogP contribution >= 0.6 is 12.2 Å². The van der Waals surface area contributed by atoms with Gasteiger partial charge >= 0.3 is 0 Å². The molecular weight excluding hydrogens is 372 g/mol. The Morgan fingerprint density at radius 1 is 1.11 bits per heavy atom. The molecule has 2 aromatic rings. The number of hydrogen-bond donors (Lipinski definition) is 1. The number of rotatable bonds is 6. The van der Waals surface area contributed by atoms with Crippen LogP contribution in [0.4, 0.5) is 0 Å². The number of nitrogens with one attached hydrogen (secondary N) is 1. The van der Waals surface area contributed by atoms with Crippen LogP contribution < -0.4 is 10.1 Å². The Morgan fingerprint density at radius 3 is 2.43 bits per heavy atom. The van der Waals surface area contributed by atoms with Gasteiger partial charge in [-0.1, -0.05) is 48.0 Å². The molecule has 0 radical (unpaired) electrons. The largest absolute Gasteiger partial charge is 0.489 e. The first-order chi connectivity index (χ1) is 13.5. The Balaban J connectivity index is 1.70. The zero-order valence-electron chi connectivity index (χ0n) is 15.5. The Bertz CT molecular complexity index is 947. The second-order valence-electron chi connectivity index (χ2n) is 6.37. The quantitative estimate of drug-likeness (QED) is 0.354. The topological polar surface area (TPSA) is 58.6 Å². The fourth-order valence-corrected chi connectivity index (χ4v) is 2.92. The van der Waals surface area contributed by atoms with Gasteiger partial charge in [0, 0.05) is 6.54 Å². The lowest BCUT2D eigenvalue weighted by atomic mass is 10.1. The highest BCUT2D eigenvalue weighted by Crippen LogP contribution is 2.18. The molecule has 28 heavy (non-hydrogen) atoms. The third-order valence-electron chi connectivity index (χ3n) is 4.21. The molecule has 6 heteroatoms. The first-order valence-electron chi connectivity index (χ1n) is 8.76. The summed E-state index contributed by atoms with van der Waals surface area (Å²) in [6.07, 6.45) is 3.10. The molecule has 1 fully saturated rings. The van der Waals surface area contributed by atoms with Gasteiger partial charge in [-0.15, -0.1) is 6.58 Å². The molecule has 1 N–H and O–H groups in total. The zero-order valence-corrected chi connectivity index (χ0v) is 16.3. The van der Waals surface area contributed by atoms with Crippen molar-refractivity contribution in [2.45, 2.75) is 13.5 Å². The van der Waals surface area contributed by atoms with Crippen LogP contribution in [0.25, 0.3) is 6.08 Å². The van der Waals surface area contributed by atoms with Crippen molar-refractivity contribution in [3.05, 3.63) is 83.4 Å². The van der Waals surface area contributed by atoms with Crippen molar-refractivity contribution in [2.24, 2.45) is 0 Å². The van der Waals surface area contributed by atoms with Gasteiger partial charge in [0.05, 0.1) is 0 Å². The lowest BCUT2D eigenvalue weighted by Crippen LogP contribution is -2.53. The Hall–Kier alpha value is -3.25. The van der Waals surface area contributed by atoms with E-state index in [1.807, 2.05) is 31.2 Å². The number of carbonyl (C=O) groups excluding carboxylic acids is 2. The molecule has 5 nitrogen and oxygen atoms in total. The maximum absolute atomic E-state index is 12.5. The minimum absolute atomic E-state index is 0.0313. The molecule has 0 aromatic heterocycles. The van der Waals surface area contributed by atoms with E-state index in [2.05, 4.69) is 11.9 Å². The molecule has 0 atom stereocenters. The SMILES string of the molecule is C=CCN1C(=O)/C(=C\c2ccc(OCc3ccc(C)cc3)cc2)C(=O)NC1=S. The molecule has 2 aromatic carbocycles. The average molecular weight is 392 g/mol. The van der Waals surface area contributed by atoms with Gasteiger partial charge in [-0.25, -0.2) is 0 Å². The minimum atomic E-state index is -0.505.